The normalized spacial score (nSPS) is 10.7. The van der Waals surface area contributed by atoms with E-state index in [9.17, 15) is 19.7 Å². The van der Waals surface area contributed by atoms with Gasteiger partial charge in [0.15, 0.2) is 10.3 Å². The number of nitrogens with one attached hydrogen (secondary N) is 3. The second-order valence-corrected chi connectivity index (χ2v) is 8.87. The lowest BCUT2D eigenvalue weighted by molar-refractivity contribution is -0.384. The summed E-state index contributed by atoms with van der Waals surface area (Å²) in [6, 6.07) is 10.4. The molecule has 0 fully saturated rings. The van der Waals surface area contributed by atoms with Gasteiger partial charge in [0.25, 0.3) is 11.6 Å². The predicted octanol–water partition coefficient (Wildman–Crippen LogP) is 5.52. The number of anilines is 3. The van der Waals surface area contributed by atoms with Gasteiger partial charge in [0.2, 0.25) is 0 Å². The van der Waals surface area contributed by atoms with Gasteiger partial charge in [-0.1, -0.05) is 40.3 Å². The summed E-state index contributed by atoms with van der Waals surface area (Å²) >= 11 is 8.03. The van der Waals surface area contributed by atoms with Gasteiger partial charge in [0, 0.05) is 22.8 Å². The molecule has 0 bridgehead atoms. The van der Waals surface area contributed by atoms with Gasteiger partial charge in [-0.15, -0.1) is 0 Å². The molecule has 162 valence electrons. The summed E-state index contributed by atoms with van der Waals surface area (Å²) < 4.78 is 0.579. The lowest BCUT2D eigenvalue weighted by Crippen LogP contribution is -2.19. The summed E-state index contributed by atoms with van der Waals surface area (Å²) in [5.41, 5.74) is 1.43. The zero-order valence-corrected chi connectivity index (χ0v) is 18.6. The van der Waals surface area contributed by atoms with Crippen molar-refractivity contribution in [2.24, 2.45) is 0 Å². The molecule has 0 atom stereocenters. The lowest BCUT2D eigenvalue weighted by atomic mass is 10.3. The maximum absolute atomic E-state index is 12.7. The van der Waals surface area contributed by atoms with Gasteiger partial charge in [-0.05, 0) is 31.2 Å². The summed E-state index contributed by atoms with van der Waals surface area (Å²) in [6.07, 6.45) is 0. The molecule has 3 amide bonds. The number of nitro groups is 1. The fraction of sp³-hybridized carbons (Fsp3) is 0.0526. The second-order valence-electron chi connectivity index (χ2n) is 6.41. The van der Waals surface area contributed by atoms with Crippen molar-refractivity contribution in [3.05, 3.63) is 68.2 Å². The van der Waals surface area contributed by atoms with Crippen LogP contribution in [0.4, 0.5) is 26.4 Å². The topological polar surface area (TPSA) is 139 Å². The number of fused-ring (bicyclic) bond motifs is 1. The van der Waals surface area contributed by atoms with Crippen LogP contribution in [0.15, 0.2) is 42.5 Å². The summed E-state index contributed by atoms with van der Waals surface area (Å²) in [7, 11) is 0. The van der Waals surface area contributed by atoms with E-state index < -0.39 is 16.9 Å². The number of thiazole rings is 2. The molecule has 0 saturated heterocycles. The van der Waals surface area contributed by atoms with E-state index in [1.807, 2.05) is 0 Å². The van der Waals surface area contributed by atoms with Gasteiger partial charge in [0.05, 0.1) is 20.8 Å². The Labute approximate surface area is 193 Å². The third-order valence-corrected chi connectivity index (χ3v) is 6.35. The lowest BCUT2D eigenvalue weighted by Gasteiger charge is -2.05. The average molecular weight is 489 g/mol. The Kier molecular flexibility index (Phi) is 5.99. The molecular formula is C19H13ClN6O4S2. The van der Waals surface area contributed by atoms with Crippen LogP contribution < -0.4 is 16.0 Å². The van der Waals surface area contributed by atoms with Crippen molar-refractivity contribution in [1.82, 2.24) is 9.97 Å². The molecule has 0 saturated carbocycles. The Morgan fingerprint density at radius 2 is 1.81 bits per heavy atom. The molecule has 0 radical (unpaired) electrons. The Bertz CT molecular complexity index is 1370. The number of benzene rings is 2. The van der Waals surface area contributed by atoms with Crippen LogP contribution in [0.5, 0.6) is 0 Å². The standard InChI is InChI=1S/C19H13ClN6O4S2/c1-9-15(32-18(21-9)25-17(28)22-11-4-2-3-10(20)7-11)16(27)24-19-23-13-6-5-12(26(29)30)8-14(13)31-19/h2-8H,1H3,(H,23,24,27)(H2,21,22,25,28). The number of amides is 3. The minimum Gasteiger partial charge on any atom is -0.308 e. The van der Waals surface area contributed by atoms with Crippen molar-refractivity contribution < 1.29 is 14.5 Å². The van der Waals surface area contributed by atoms with E-state index in [4.69, 9.17) is 11.6 Å². The van der Waals surface area contributed by atoms with E-state index in [0.29, 0.717) is 36.6 Å². The van der Waals surface area contributed by atoms with Gasteiger partial charge in [0.1, 0.15) is 4.88 Å². The maximum Gasteiger partial charge on any atom is 0.325 e. The van der Waals surface area contributed by atoms with Crippen LogP contribution in [0.25, 0.3) is 10.2 Å². The molecule has 0 aliphatic carbocycles. The van der Waals surface area contributed by atoms with Crippen molar-refractivity contribution in [3.8, 4) is 0 Å². The number of rotatable bonds is 5. The van der Waals surface area contributed by atoms with Crippen molar-refractivity contribution in [3.63, 3.8) is 0 Å². The molecule has 2 aromatic heterocycles. The van der Waals surface area contributed by atoms with Crippen LogP contribution in [0.2, 0.25) is 5.02 Å². The minimum absolute atomic E-state index is 0.0518. The minimum atomic E-state index is -0.527. The van der Waals surface area contributed by atoms with E-state index >= 15 is 0 Å². The van der Waals surface area contributed by atoms with Crippen molar-refractivity contribution in [2.75, 3.05) is 16.0 Å². The summed E-state index contributed by atoms with van der Waals surface area (Å²) in [5, 5.41) is 19.8. The zero-order valence-electron chi connectivity index (χ0n) is 16.2. The number of carbonyl (C=O) groups excluding carboxylic acids is 2. The summed E-state index contributed by atoms with van der Waals surface area (Å²) in [6.45, 7) is 1.65. The second kappa shape index (κ2) is 8.86. The van der Waals surface area contributed by atoms with E-state index in [2.05, 4.69) is 25.9 Å². The molecule has 0 spiro atoms. The molecule has 2 heterocycles. The first kappa shape index (κ1) is 21.6. The maximum atomic E-state index is 12.7. The first-order chi connectivity index (χ1) is 15.3. The number of aryl methyl sites for hydroxylation is 1. The number of aromatic nitrogens is 2. The van der Waals surface area contributed by atoms with Gasteiger partial charge >= 0.3 is 6.03 Å². The Morgan fingerprint density at radius 1 is 1.03 bits per heavy atom. The molecule has 3 N–H and O–H groups in total. The molecule has 4 rings (SSSR count). The summed E-state index contributed by atoms with van der Waals surface area (Å²) in [4.78, 5) is 44.1. The number of non-ortho nitro benzene ring substituents is 1. The van der Waals surface area contributed by atoms with Gasteiger partial charge < -0.3 is 5.32 Å². The third-order valence-electron chi connectivity index (χ3n) is 4.11. The number of halogens is 1. The first-order valence-corrected chi connectivity index (χ1v) is 11.0. The number of urea groups is 1. The highest BCUT2D eigenvalue weighted by Gasteiger charge is 2.19. The van der Waals surface area contributed by atoms with E-state index in [1.165, 1.54) is 18.2 Å². The molecule has 13 heteroatoms. The average Bonchev–Trinajstić information content (AvgIpc) is 3.29. The van der Waals surface area contributed by atoms with Gasteiger partial charge in [-0.3, -0.25) is 25.5 Å². The number of hydrogen-bond donors (Lipinski definition) is 3. The Hall–Kier alpha value is -3.61. The Morgan fingerprint density at radius 3 is 2.56 bits per heavy atom. The van der Waals surface area contributed by atoms with Crippen LogP contribution in [0, 0.1) is 17.0 Å². The first-order valence-electron chi connectivity index (χ1n) is 8.96. The van der Waals surface area contributed by atoms with Gasteiger partial charge in [-0.25, -0.2) is 14.8 Å². The monoisotopic (exact) mass is 488 g/mol. The molecular weight excluding hydrogens is 476 g/mol. The van der Waals surface area contributed by atoms with E-state index in [-0.39, 0.29) is 10.8 Å². The highest BCUT2D eigenvalue weighted by molar-refractivity contribution is 7.22. The molecule has 10 nitrogen and oxygen atoms in total. The third kappa shape index (κ3) is 4.82. The number of carbonyl (C=O) groups is 2. The number of nitrogens with zero attached hydrogens (tertiary/aromatic N) is 3. The zero-order chi connectivity index (χ0) is 22.8. The van der Waals surface area contributed by atoms with Crippen LogP contribution in [0.1, 0.15) is 15.4 Å². The summed E-state index contributed by atoms with van der Waals surface area (Å²) in [5.74, 6) is -0.447. The molecule has 0 unspecified atom stereocenters. The fourth-order valence-electron chi connectivity index (χ4n) is 2.72. The Balaban J connectivity index is 1.45. The highest BCUT2D eigenvalue weighted by atomic mass is 35.5. The molecule has 0 aliphatic rings. The van der Waals surface area contributed by atoms with Crippen LogP contribution >= 0.6 is 34.3 Å². The van der Waals surface area contributed by atoms with Crippen molar-refractivity contribution >= 4 is 78.1 Å². The molecule has 2 aromatic carbocycles. The van der Waals surface area contributed by atoms with Gasteiger partial charge in [-0.2, -0.15) is 0 Å². The quantitative estimate of drug-likeness (QED) is 0.249. The predicted molar refractivity (Wildman–Crippen MR) is 125 cm³/mol. The smallest absolute Gasteiger partial charge is 0.308 e. The van der Waals surface area contributed by atoms with E-state index in [0.717, 1.165) is 22.7 Å². The highest BCUT2D eigenvalue weighted by Crippen LogP contribution is 2.30. The van der Waals surface area contributed by atoms with Crippen LogP contribution in [0.3, 0.4) is 0 Å². The SMILES string of the molecule is Cc1nc(NC(=O)Nc2cccc(Cl)c2)sc1C(=O)Nc1nc2ccc([N+](=O)[O-])cc2s1. The molecule has 4 aromatic rings. The van der Waals surface area contributed by atoms with Crippen molar-refractivity contribution in [2.45, 2.75) is 6.92 Å². The largest absolute Gasteiger partial charge is 0.325 e. The van der Waals surface area contributed by atoms with Crippen LogP contribution in [-0.2, 0) is 0 Å². The van der Waals surface area contributed by atoms with Crippen LogP contribution in [-0.4, -0.2) is 26.8 Å². The fourth-order valence-corrected chi connectivity index (χ4v) is 4.66. The van der Waals surface area contributed by atoms with E-state index in [1.54, 1.807) is 31.2 Å². The van der Waals surface area contributed by atoms with Crippen molar-refractivity contribution in [1.29, 1.82) is 0 Å². The molecule has 32 heavy (non-hydrogen) atoms. The number of hydrogen-bond acceptors (Lipinski definition) is 8. The molecule has 0 aliphatic heterocycles. The number of nitro benzene ring substituents is 1.